The Labute approximate surface area is 210 Å². The van der Waals surface area contributed by atoms with Crippen molar-refractivity contribution in [1.82, 2.24) is 14.7 Å². The third-order valence-corrected chi connectivity index (χ3v) is 6.92. The lowest BCUT2D eigenvalue weighted by molar-refractivity contribution is 0.00853. The Morgan fingerprint density at radius 3 is 2.11 bits per heavy atom. The Morgan fingerprint density at radius 1 is 0.771 bits per heavy atom. The van der Waals surface area contributed by atoms with Crippen molar-refractivity contribution in [3.63, 3.8) is 0 Å². The molecule has 6 nitrogen and oxygen atoms in total. The van der Waals surface area contributed by atoms with Crippen LogP contribution < -0.4 is 4.74 Å². The molecule has 5 rings (SSSR count). The standard InChI is InChI=1S/C28H28ClN3O3/c29-24-8-4-5-21(17-24)20-35-26-11-9-23(10-12-26)28(34)32-18-25(19-32)30-13-15-31(16-14-30)27(33)22-6-2-1-3-7-22/h1-12,17,25H,13-16,18-20H2. The van der Waals surface area contributed by atoms with Crippen LogP contribution in [0.5, 0.6) is 5.75 Å². The first-order chi connectivity index (χ1) is 17.1. The SMILES string of the molecule is O=C(c1ccccc1)N1CCN(C2CN(C(=O)c3ccc(OCc4cccc(Cl)c4)cc3)C2)CC1. The molecule has 2 aliphatic heterocycles. The predicted molar refractivity (Wildman–Crippen MR) is 136 cm³/mol. The number of amides is 2. The number of hydrogen-bond donors (Lipinski definition) is 0. The van der Waals surface area contributed by atoms with Gasteiger partial charge in [-0.25, -0.2) is 0 Å². The maximum absolute atomic E-state index is 12.9. The highest BCUT2D eigenvalue weighted by Crippen LogP contribution is 2.22. The highest BCUT2D eigenvalue weighted by Gasteiger charge is 2.37. The number of carbonyl (C=O) groups is 2. The second kappa shape index (κ2) is 10.5. The first-order valence-corrected chi connectivity index (χ1v) is 12.3. The van der Waals surface area contributed by atoms with Crippen molar-refractivity contribution in [2.45, 2.75) is 12.6 Å². The van der Waals surface area contributed by atoms with E-state index in [0.717, 1.165) is 50.4 Å². The van der Waals surface area contributed by atoms with Crippen LogP contribution in [0.25, 0.3) is 0 Å². The molecular weight excluding hydrogens is 462 g/mol. The molecule has 180 valence electrons. The summed E-state index contributed by atoms with van der Waals surface area (Å²) in [6, 6.07) is 24.7. The summed E-state index contributed by atoms with van der Waals surface area (Å²) in [7, 11) is 0. The number of ether oxygens (including phenoxy) is 1. The number of nitrogens with zero attached hydrogens (tertiary/aromatic N) is 3. The van der Waals surface area contributed by atoms with E-state index in [0.29, 0.717) is 29.0 Å². The molecule has 2 aliphatic rings. The van der Waals surface area contributed by atoms with Gasteiger partial charge in [-0.05, 0) is 54.1 Å². The molecule has 0 saturated carbocycles. The lowest BCUT2D eigenvalue weighted by Crippen LogP contribution is -2.64. The molecule has 3 aromatic carbocycles. The second-order valence-corrected chi connectivity index (χ2v) is 9.44. The van der Waals surface area contributed by atoms with Crippen LogP contribution in [0.4, 0.5) is 0 Å². The summed E-state index contributed by atoms with van der Waals surface area (Å²) in [6.07, 6.45) is 0. The summed E-state index contributed by atoms with van der Waals surface area (Å²) in [5.74, 6) is 0.849. The zero-order chi connectivity index (χ0) is 24.2. The molecule has 2 saturated heterocycles. The van der Waals surface area contributed by atoms with Crippen molar-refractivity contribution < 1.29 is 14.3 Å². The first kappa shape index (κ1) is 23.4. The topological polar surface area (TPSA) is 53.1 Å². The largest absolute Gasteiger partial charge is 0.489 e. The lowest BCUT2D eigenvalue weighted by atomic mass is 10.0. The van der Waals surface area contributed by atoms with E-state index in [4.69, 9.17) is 16.3 Å². The number of rotatable bonds is 6. The van der Waals surface area contributed by atoms with Gasteiger partial charge in [0.25, 0.3) is 11.8 Å². The van der Waals surface area contributed by atoms with Gasteiger partial charge >= 0.3 is 0 Å². The minimum atomic E-state index is 0.0422. The molecule has 0 aliphatic carbocycles. The normalized spacial score (nSPS) is 16.6. The van der Waals surface area contributed by atoms with Crippen molar-refractivity contribution in [2.75, 3.05) is 39.3 Å². The molecule has 35 heavy (non-hydrogen) atoms. The van der Waals surface area contributed by atoms with Crippen molar-refractivity contribution >= 4 is 23.4 Å². The first-order valence-electron chi connectivity index (χ1n) is 11.9. The lowest BCUT2D eigenvalue weighted by Gasteiger charge is -2.48. The average Bonchev–Trinajstić information content (AvgIpc) is 2.87. The van der Waals surface area contributed by atoms with Gasteiger partial charge in [0.05, 0.1) is 0 Å². The van der Waals surface area contributed by atoms with Gasteiger partial charge in [-0.3, -0.25) is 14.5 Å². The fourth-order valence-electron chi connectivity index (χ4n) is 4.58. The minimum Gasteiger partial charge on any atom is -0.489 e. The molecule has 2 fully saturated rings. The second-order valence-electron chi connectivity index (χ2n) is 9.00. The Kier molecular flexibility index (Phi) is 7.02. The summed E-state index contributed by atoms with van der Waals surface area (Å²) in [4.78, 5) is 31.7. The van der Waals surface area contributed by atoms with Crippen LogP contribution in [0.1, 0.15) is 26.3 Å². The molecule has 2 heterocycles. The number of benzene rings is 3. The number of carbonyl (C=O) groups excluding carboxylic acids is 2. The van der Waals surface area contributed by atoms with E-state index in [1.165, 1.54) is 0 Å². The number of likely N-dealkylation sites (tertiary alicyclic amines) is 1. The summed E-state index contributed by atoms with van der Waals surface area (Å²) in [5.41, 5.74) is 2.40. The zero-order valence-electron chi connectivity index (χ0n) is 19.5. The van der Waals surface area contributed by atoms with Crippen molar-refractivity contribution in [2.24, 2.45) is 0 Å². The summed E-state index contributed by atoms with van der Waals surface area (Å²) in [6.45, 7) is 4.97. The van der Waals surface area contributed by atoms with Crippen LogP contribution in [0.15, 0.2) is 78.9 Å². The van der Waals surface area contributed by atoms with Crippen LogP contribution >= 0.6 is 11.6 Å². The van der Waals surface area contributed by atoms with Crippen LogP contribution in [0.3, 0.4) is 0 Å². The molecule has 0 spiro atoms. The van der Waals surface area contributed by atoms with Gasteiger partial charge in [-0.1, -0.05) is 41.9 Å². The van der Waals surface area contributed by atoms with Crippen LogP contribution in [-0.4, -0.2) is 71.8 Å². The van der Waals surface area contributed by atoms with Gasteiger partial charge in [-0.15, -0.1) is 0 Å². The van der Waals surface area contributed by atoms with E-state index < -0.39 is 0 Å². The zero-order valence-corrected chi connectivity index (χ0v) is 20.2. The van der Waals surface area contributed by atoms with Crippen molar-refractivity contribution in [3.05, 3.63) is 101 Å². The van der Waals surface area contributed by atoms with E-state index in [1.807, 2.05) is 88.7 Å². The molecule has 7 heteroatoms. The van der Waals surface area contributed by atoms with E-state index >= 15 is 0 Å². The van der Waals surface area contributed by atoms with Crippen molar-refractivity contribution in [3.8, 4) is 5.75 Å². The maximum atomic E-state index is 12.9. The van der Waals surface area contributed by atoms with Crippen LogP contribution in [0.2, 0.25) is 5.02 Å². The maximum Gasteiger partial charge on any atom is 0.253 e. The van der Waals surface area contributed by atoms with Gasteiger partial charge < -0.3 is 14.5 Å². The van der Waals surface area contributed by atoms with E-state index in [-0.39, 0.29) is 11.8 Å². The molecule has 2 amide bonds. The fraction of sp³-hybridized carbons (Fsp3) is 0.286. The van der Waals surface area contributed by atoms with E-state index in [2.05, 4.69) is 4.90 Å². The third kappa shape index (κ3) is 5.50. The Bertz CT molecular complexity index is 1170. The molecule has 0 atom stereocenters. The van der Waals surface area contributed by atoms with Crippen LogP contribution in [-0.2, 0) is 6.61 Å². The van der Waals surface area contributed by atoms with E-state index in [1.54, 1.807) is 0 Å². The molecule has 0 radical (unpaired) electrons. The predicted octanol–water partition coefficient (Wildman–Crippen LogP) is 4.20. The Morgan fingerprint density at radius 2 is 1.43 bits per heavy atom. The number of hydrogen-bond acceptors (Lipinski definition) is 4. The molecule has 0 unspecified atom stereocenters. The third-order valence-electron chi connectivity index (χ3n) is 6.68. The number of piperazine rings is 1. The number of halogens is 1. The molecule has 0 aromatic heterocycles. The quantitative estimate of drug-likeness (QED) is 0.520. The summed E-state index contributed by atoms with van der Waals surface area (Å²) >= 11 is 6.02. The highest BCUT2D eigenvalue weighted by molar-refractivity contribution is 6.30. The molecular formula is C28H28ClN3O3. The Hall–Kier alpha value is -3.35. The molecule has 3 aromatic rings. The smallest absolute Gasteiger partial charge is 0.253 e. The summed E-state index contributed by atoms with van der Waals surface area (Å²) < 4.78 is 5.81. The van der Waals surface area contributed by atoms with E-state index in [9.17, 15) is 9.59 Å². The van der Waals surface area contributed by atoms with Crippen molar-refractivity contribution in [1.29, 1.82) is 0 Å². The summed E-state index contributed by atoms with van der Waals surface area (Å²) in [5, 5.41) is 0.683. The molecule has 0 bridgehead atoms. The van der Waals surface area contributed by atoms with Gasteiger partial charge in [0.2, 0.25) is 0 Å². The fourth-order valence-corrected chi connectivity index (χ4v) is 4.79. The Balaban J connectivity index is 1.07. The monoisotopic (exact) mass is 489 g/mol. The van der Waals surface area contributed by atoms with Gasteiger partial charge in [0.15, 0.2) is 0 Å². The van der Waals surface area contributed by atoms with Gasteiger partial charge in [0.1, 0.15) is 12.4 Å². The van der Waals surface area contributed by atoms with Gasteiger partial charge in [-0.2, -0.15) is 0 Å². The minimum absolute atomic E-state index is 0.0422. The molecule has 0 N–H and O–H groups in total. The highest BCUT2D eigenvalue weighted by atomic mass is 35.5. The van der Waals surface area contributed by atoms with Gasteiger partial charge in [0, 0.05) is 61.5 Å². The average molecular weight is 490 g/mol. The van der Waals surface area contributed by atoms with Crippen LogP contribution in [0, 0.1) is 0 Å².